The van der Waals surface area contributed by atoms with Gasteiger partial charge < -0.3 is 10.1 Å². The Morgan fingerprint density at radius 3 is 2.43 bits per heavy atom. The van der Waals surface area contributed by atoms with E-state index in [-0.39, 0.29) is 40.8 Å². The third-order valence-corrected chi connectivity index (χ3v) is 7.47. The van der Waals surface area contributed by atoms with E-state index in [4.69, 9.17) is 4.74 Å². The number of sulfonamides is 1. The molecular weight excluding hydrogens is 563 g/mol. The summed E-state index contributed by atoms with van der Waals surface area (Å²) in [4.78, 5) is 24.7. The molecule has 0 saturated heterocycles. The fourth-order valence-electron chi connectivity index (χ4n) is 4.32. The van der Waals surface area contributed by atoms with E-state index in [0.29, 0.717) is 22.5 Å². The molecule has 3 aromatic rings. The maximum atomic E-state index is 15.1. The molecule has 3 rings (SSSR count). The number of hydrogen-bond acceptors (Lipinski definition) is 8. The van der Waals surface area contributed by atoms with E-state index >= 15 is 4.39 Å². The minimum atomic E-state index is -4.31. The largest absolute Gasteiger partial charge is 0.444 e. The number of carbonyl (C=O) groups is 2. The topological polar surface area (TPSA) is 156 Å². The van der Waals surface area contributed by atoms with Gasteiger partial charge in [0.1, 0.15) is 23.2 Å². The Labute approximate surface area is 245 Å². The quantitative estimate of drug-likeness (QED) is 0.362. The molecule has 2 amide bonds. The normalized spacial score (nSPS) is 11.8. The first-order valence-electron chi connectivity index (χ1n) is 13.3. The maximum absolute atomic E-state index is 15.1. The molecule has 0 saturated carbocycles. The van der Waals surface area contributed by atoms with Gasteiger partial charge >= 0.3 is 6.09 Å². The van der Waals surface area contributed by atoms with Gasteiger partial charge in [0.05, 0.1) is 35.3 Å². The molecule has 0 fully saturated rings. The number of ether oxygens (including phenoxy) is 1. The summed E-state index contributed by atoms with van der Waals surface area (Å²) >= 11 is 0. The average molecular weight is 599 g/mol. The third-order valence-electron chi connectivity index (χ3n) is 6.10. The van der Waals surface area contributed by atoms with Crippen LogP contribution in [0.2, 0.25) is 0 Å². The Bertz CT molecular complexity index is 1630. The molecule has 0 unspecified atom stereocenters. The monoisotopic (exact) mass is 598 g/mol. The highest BCUT2D eigenvalue weighted by molar-refractivity contribution is 7.90. The second-order valence-corrected chi connectivity index (χ2v) is 13.0. The fourth-order valence-corrected chi connectivity index (χ4v) is 5.34. The summed E-state index contributed by atoms with van der Waals surface area (Å²) in [5.41, 5.74) is 1.17. The van der Waals surface area contributed by atoms with Crippen molar-refractivity contribution >= 4 is 22.0 Å². The lowest BCUT2D eigenvalue weighted by Gasteiger charge is -2.21. The number of amides is 2. The van der Waals surface area contributed by atoms with Gasteiger partial charge in [-0.25, -0.2) is 27.0 Å². The molecule has 1 aromatic heterocycles. The molecule has 1 heterocycles. The number of aromatic nitrogens is 3. The highest BCUT2D eigenvalue weighted by Crippen LogP contribution is 2.33. The summed E-state index contributed by atoms with van der Waals surface area (Å²) in [7, 11) is -4.31. The van der Waals surface area contributed by atoms with Gasteiger partial charge in [-0.2, -0.15) is 5.26 Å². The highest BCUT2D eigenvalue weighted by Gasteiger charge is 2.26. The van der Waals surface area contributed by atoms with Crippen molar-refractivity contribution in [3.8, 4) is 11.8 Å². The zero-order valence-corrected chi connectivity index (χ0v) is 25.5. The second-order valence-electron chi connectivity index (χ2n) is 11.4. The Morgan fingerprint density at radius 2 is 1.83 bits per heavy atom. The molecule has 0 radical (unpaired) electrons. The number of carbonyl (C=O) groups excluding carboxylic acids is 2. The van der Waals surface area contributed by atoms with Crippen LogP contribution < -0.4 is 10.0 Å². The van der Waals surface area contributed by atoms with Crippen molar-refractivity contribution in [1.29, 1.82) is 5.26 Å². The molecule has 0 bridgehead atoms. The van der Waals surface area contributed by atoms with Crippen LogP contribution in [0.15, 0.2) is 41.4 Å². The van der Waals surface area contributed by atoms with Crippen molar-refractivity contribution in [2.75, 3.05) is 0 Å². The predicted molar refractivity (Wildman–Crippen MR) is 153 cm³/mol. The SMILES string of the molecule is CC(C)c1cc(C#N)c(F)c(C(C)C)c1CC(=O)NS(=O)(=O)c1cccc(-n2cc(CNC(=O)OC(C)(C)C)nn2)c1. The Balaban J connectivity index is 1.81. The number of benzene rings is 2. The smallest absolute Gasteiger partial charge is 0.407 e. The second kappa shape index (κ2) is 12.7. The van der Waals surface area contributed by atoms with E-state index in [1.807, 2.05) is 19.9 Å². The van der Waals surface area contributed by atoms with Crippen LogP contribution in [0.3, 0.4) is 0 Å². The number of nitriles is 1. The van der Waals surface area contributed by atoms with Crippen LogP contribution in [0.1, 0.15) is 88.2 Å². The Morgan fingerprint density at radius 1 is 1.14 bits per heavy atom. The molecule has 0 aliphatic rings. The summed E-state index contributed by atoms with van der Waals surface area (Å²) in [6.07, 6.45) is 0.507. The summed E-state index contributed by atoms with van der Waals surface area (Å²) in [5, 5.41) is 19.9. The zero-order valence-electron chi connectivity index (χ0n) is 24.6. The third kappa shape index (κ3) is 7.91. The first-order chi connectivity index (χ1) is 19.5. The van der Waals surface area contributed by atoms with Crippen molar-refractivity contribution in [3.63, 3.8) is 0 Å². The number of nitrogens with zero attached hydrogens (tertiary/aromatic N) is 4. The van der Waals surface area contributed by atoms with Crippen LogP contribution in [-0.4, -0.2) is 41.0 Å². The van der Waals surface area contributed by atoms with E-state index < -0.39 is 33.4 Å². The molecule has 0 atom stereocenters. The number of rotatable bonds is 9. The number of hydrogen-bond donors (Lipinski definition) is 2. The number of halogens is 1. The van der Waals surface area contributed by atoms with Gasteiger partial charge in [0.25, 0.3) is 10.0 Å². The molecule has 224 valence electrons. The van der Waals surface area contributed by atoms with E-state index in [2.05, 4.69) is 20.4 Å². The van der Waals surface area contributed by atoms with Gasteiger partial charge in [0.2, 0.25) is 5.91 Å². The molecule has 2 aromatic carbocycles. The maximum Gasteiger partial charge on any atom is 0.407 e. The lowest BCUT2D eigenvalue weighted by atomic mass is 9.85. The Hall–Kier alpha value is -4.31. The van der Waals surface area contributed by atoms with Crippen molar-refractivity contribution in [3.05, 3.63) is 70.3 Å². The molecule has 0 aliphatic heterocycles. The standard InChI is InChI=1S/C29H35FN6O5S/c1-17(2)23-11-19(14-31)27(30)26(18(3)4)24(23)13-25(37)34-42(39,40)22-10-8-9-21(12-22)36-16-20(33-35-36)15-32-28(38)41-29(5,6)7/h8-12,16-18H,13,15H2,1-7H3,(H,32,38)(H,34,37). The predicted octanol–water partition coefficient (Wildman–Crippen LogP) is 4.60. The lowest BCUT2D eigenvalue weighted by Crippen LogP contribution is -2.32. The first kappa shape index (κ1) is 32.2. The van der Waals surface area contributed by atoms with E-state index in [1.165, 1.54) is 35.1 Å². The van der Waals surface area contributed by atoms with Gasteiger partial charge in [-0.3, -0.25) is 4.79 Å². The van der Waals surface area contributed by atoms with Crippen molar-refractivity contribution in [2.24, 2.45) is 0 Å². The summed E-state index contributed by atoms with van der Waals surface area (Å²) in [6.45, 7) is 12.5. The number of alkyl carbamates (subject to hydrolysis) is 1. The van der Waals surface area contributed by atoms with Gasteiger partial charge in [-0.1, -0.05) is 39.0 Å². The van der Waals surface area contributed by atoms with Gasteiger partial charge in [-0.05, 0) is 73.6 Å². The molecular formula is C29H35FN6O5S. The van der Waals surface area contributed by atoms with Crippen molar-refractivity contribution in [2.45, 2.75) is 83.8 Å². The van der Waals surface area contributed by atoms with E-state index in [9.17, 15) is 23.3 Å². The summed E-state index contributed by atoms with van der Waals surface area (Å²) < 4.78 is 50.0. The van der Waals surface area contributed by atoms with Gasteiger partial charge in [-0.15, -0.1) is 5.10 Å². The first-order valence-corrected chi connectivity index (χ1v) is 14.8. The van der Waals surface area contributed by atoms with E-state index in [0.717, 1.165) is 0 Å². The summed E-state index contributed by atoms with van der Waals surface area (Å²) in [6, 6.07) is 9.00. The minimum absolute atomic E-state index is 0.0373. The molecule has 2 N–H and O–H groups in total. The molecule has 13 heteroatoms. The Kier molecular flexibility index (Phi) is 9.73. The minimum Gasteiger partial charge on any atom is -0.444 e. The average Bonchev–Trinajstić information content (AvgIpc) is 3.35. The summed E-state index contributed by atoms with van der Waals surface area (Å²) in [5.74, 6) is -2.04. The molecule has 42 heavy (non-hydrogen) atoms. The van der Waals surface area contributed by atoms with E-state index in [1.54, 1.807) is 40.7 Å². The van der Waals surface area contributed by atoms with Gasteiger partial charge in [0, 0.05) is 0 Å². The molecule has 0 aliphatic carbocycles. The van der Waals surface area contributed by atoms with Crippen LogP contribution in [0, 0.1) is 17.1 Å². The van der Waals surface area contributed by atoms with Crippen LogP contribution in [0.4, 0.5) is 9.18 Å². The zero-order chi connectivity index (χ0) is 31.4. The van der Waals surface area contributed by atoms with Crippen LogP contribution in [0.5, 0.6) is 0 Å². The molecule has 0 spiro atoms. The van der Waals surface area contributed by atoms with Crippen LogP contribution in [0.25, 0.3) is 5.69 Å². The van der Waals surface area contributed by atoms with Crippen LogP contribution >= 0.6 is 0 Å². The highest BCUT2D eigenvalue weighted by atomic mass is 32.2. The fraction of sp³-hybridized carbons (Fsp3) is 0.414. The number of nitrogens with one attached hydrogen (secondary N) is 2. The van der Waals surface area contributed by atoms with Crippen LogP contribution in [-0.2, 0) is 32.5 Å². The van der Waals surface area contributed by atoms with Gasteiger partial charge in [0.15, 0.2) is 0 Å². The lowest BCUT2D eigenvalue weighted by molar-refractivity contribution is -0.118. The molecule has 11 nitrogen and oxygen atoms in total. The van der Waals surface area contributed by atoms with Crippen molar-refractivity contribution < 1.29 is 27.1 Å². The van der Waals surface area contributed by atoms with Crippen molar-refractivity contribution in [1.82, 2.24) is 25.0 Å².